The zero-order chi connectivity index (χ0) is 21.0. The van der Waals surface area contributed by atoms with Crippen LogP contribution in [0.5, 0.6) is 0 Å². The summed E-state index contributed by atoms with van der Waals surface area (Å²) in [5, 5.41) is 11.7. The van der Waals surface area contributed by atoms with Crippen molar-refractivity contribution < 1.29 is 14.7 Å². The Morgan fingerprint density at radius 1 is 1.31 bits per heavy atom. The highest BCUT2D eigenvalue weighted by molar-refractivity contribution is 5.93. The van der Waals surface area contributed by atoms with Gasteiger partial charge in [0.2, 0.25) is 5.91 Å². The third kappa shape index (κ3) is 5.22. The van der Waals surface area contributed by atoms with Gasteiger partial charge in [0.1, 0.15) is 6.54 Å². The van der Waals surface area contributed by atoms with Crippen LogP contribution in [0.3, 0.4) is 0 Å². The van der Waals surface area contributed by atoms with Crippen molar-refractivity contribution in [1.29, 1.82) is 0 Å². The Labute approximate surface area is 169 Å². The van der Waals surface area contributed by atoms with E-state index in [0.29, 0.717) is 18.2 Å². The molecule has 0 aromatic carbocycles. The molecule has 2 N–H and O–H groups in total. The van der Waals surface area contributed by atoms with E-state index in [1.54, 1.807) is 0 Å². The molecule has 1 fully saturated rings. The number of anilines is 2. The SMILES string of the molecule is CC(C)c1cncc(N2CCCC(C(=O)Nc3ccc(=O)n(CC(=O)O)c3)C2)c1. The predicted molar refractivity (Wildman–Crippen MR) is 110 cm³/mol. The number of nitrogens with one attached hydrogen (secondary N) is 1. The molecule has 1 atom stereocenters. The average molecular weight is 398 g/mol. The van der Waals surface area contributed by atoms with Crippen molar-refractivity contribution in [3.63, 3.8) is 0 Å². The fraction of sp³-hybridized carbons (Fsp3) is 0.429. The highest BCUT2D eigenvalue weighted by atomic mass is 16.4. The molecule has 154 valence electrons. The lowest BCUT2D eigenvalue weighted by Crippen LogP contribution is -2.41. The summed E-state index contributed by atoms with van der Waals surface area (Å²) in [6.07, 6.45) is 6.73. The van der Waals surface area contributed by atoms with E-state index in [9.17, 15) is 14.4 Å². The minimum atomic E-state index is -1.12. The predicted octanol–water partition coefficient (Wildman–Crippen LogP) is 2.31. The second kappa shape index (κ2) is 8.89. The van der Waals surface area contributed by atoms with Crippen LogP contribution in [0.1, 0.15) is 38.2 Å². The molecular formula is C21H26N4O4. The first-order valence-corrected chi connectivity index (χ1v) is 9.76. The molecule has 0 bridgehead atoms. The maximum absolute atomic E-state index is 12.8. The number of carboxylic acid groups (broad SMARTS) is 1. The second-order valence-corrected chi connectivity index (χ2v) is 7.68. The highest BCUT2D eigenvalue weighted by Crippen LogP contribution is 2.26. The Hall–Kier alpha value is -3.16. The first-order chi connectivity index (χ1) is 13.8. The van der Waals surface area contributed by atoms with Gasteiger partial charge in [0.15, 0.2) is 0 Å². The van der Waals surface area contributed by atoms with E-state index in [1.165, 1.54) is 18.3 Å². The fourth-order valence-electron chi connectivity index (χ4n) is 3.48. The summed E-state index contributed by atoms with van der Waals surface area (Å²) in [6.45, 7) is 5.26. The highest BCUT2D eigenvalue weighted by Gasteiger charge is 2.26. The normalized spacial score (nSPS) is 16.7. The molecule has 3 heterocycles. The zero-order valence-electron chi connectivity index (χ0n) is 16.7. The van der Waals surface area contributed by atoms with Crippen LogP contribution in [0, 0.1) is 5.92 Å². The van der Waals surface area contributed by atoms with E-state index in [4.69, 9.17) is 5.11 Å². The quantitative estimate of drug-likeness (QED) is 0.774. The molecule has 1 aliphatic rings. The summed E-state index contributed by atoms with van der Waals surface area (Å²) in [5.41, 5.74) is 2.17. The molecule has 1 saturated heterocycles. The number of carbonyl (C=O) groups excluding carboxylic acids is 1. The smallest absolute Gasteiger partial charge is 0.323 e. The van der Waals surface area contributed by atoms with Crippen molar-refractivity contribution in [1.82, 2.24) is 9.55 Å². The summed E-state index contributed by atoms with van der Waals surface area (Å²) in [5.74, 6) is -1.07. The van der Waals surface area contributed by atoms with Crippen LogP contribution in [0.4, 0.5) is 11.4 Å². The van der Waals surface area contributed by atoms with E-state index >= 15 is 0 Å². The van der Waals surface area contributed by atoms with E-state index in [2.05, 4.69) is 35.1 Å². The summed E-state index contributed by atoms with van der Waals surface area (Å²) in [6, 6.07) is 4.88. The Morgan fingerprint density at radius 3 is 2.83 bits per heavy atom. The number of carbonyl (C=O) groups is 2. The van der Waals surface area contributed by atoms with Crippen molar-refractivity contribution in [2.75, 3.05) is 23.3 Å². The van der Waals surface area contributed by atoms with E-state index in [1.807, 2.05) is 12.4 Å². The number of aliphatic carboxylic acids is 1. The third-order valence-corrected chi connectivity index (χ3v) is 5.13. The van der Waals surface area contributed by atoms with E-state index in [-0.39, 0.29) is 11.8 Å². The van der Waals surface area contributed by atoms with Gasteiger partial charge >= 0.3 is 5.97 Å². The maximum atomic E-state index is 12.8. The maximum Gasteiger partial charge on any atom is 0.323 e. The molecule has 1 aliphatic heterocycles. The molecule has 1 amide bonds. The first-order valence-electron chi connectivity index (χ1n) is 9.76. The number of piperidine rings is 1. The number of carboxylic acids is 1. The first kappa shape index (κ1) is 20.6. The van der Waals surface area contributed by atoms with Gasteiger partial charge < -0.3 is 19.9 Å². The van der Waals surface area contributed by atoms with Gasteiger partial charge in [-0.3, -0.25) is 19.4 Å². The van der Waals surface area contributed by atoms with Crippen LogP contribution in [-0.2, 0) is 16.1 Å². The number of aromatic nitrogens is 2. The topological polar surface area (TPSA) is 105 Å². The van der Waals surface area contributed by atoms with Crippen molar-refractivity contribution in [2.45, 2.75) is 39.2 Å². The molecule has 0 radical (unpaired) electrons. The third-order valence-electron chi connectivity index (χ3n) is 5.13. The number of nitrogens with zero attached hydrogens (tertiary/aromatic N) is 3. The van der Waals surface area contributed by atoms with Gasteiger partial charge in [0.25, 0.3) is 5.56 Å². The van der Waals surface area contributed by atoms with Crippen molar-refractivity contribution in [3.8, 4) is 0 Å². The second-order valence-electron chi connectivity index (χ2n) is 7.68. The fourth-order valence-corrected chi connectivity index (χ4v) is 3.48. The van der Waals surface area contributed by atoms with Crippen LogP contribution >= 0.6 is 0 Å². The lowest BCUT2D eigenvalue weighted by atomic mass is 9.96. The number of rotatable bonds is 6. The molecule has 0 aliphatic carbocycles. The van der Waals surface area contributed by atoms with E-state index < -0.39 is 18.1 Å². The Morgan fingerprint density at radius 2 is 2.10 bits per heavy atom. The Bertz CT molecular complexity index is 954. The molecule has 8 nitrogen and oxygen atoms in total. The summed E-state index contributed by atoms with van der Waals surface area (Å²) in [7, 11) is 0. The van der Waals surface area contributed by atoms with Crippen LogP contribution in [0.15, 0.2) is 41.6 Å². The van der Waals surface area contributed by atoms with Gasteiger partial charge in [-0.2, -0.15) is 0 Å². The largest absolute Gasteiger partial charge is 0.480 e. The minimum Gasteiger partial charge on any atom is -0.480 e. The standard InChI is InChI=1S/C21H26N4O4/c1-14(2)16-8-18(10-22-9-16)24-7-3-4-15(11-24)21(29)23-17-5-6-19(26)25(12-17)13-20(27)28/h5-6,8-10,12,14-15H,3-4,7,11,13H2,1-2H3,(H,23,29)(H,27,28). The average Bonchev–Trinajstić information content (AvgIpc) is 2.70. The summed E-state index contributed by atoms with van der Waals surface area (Å²) >= 11 is 0. The summed E-state index contributed by atoms with van der Waals surface area (Å²) < 4.78 is 1.06. The van der Waals surface area contributed by atoms with Gasteiger partial charge in [0, 0.05) is 31.5 Å². The Kier molecular flexibility index (Phi) is 6.31. The monoisotopic (exact) mass is 398 g/mol. The summed E-state index contributed by atoms with van der Waals surface area (Å²) in [4.78, 5) is 41.9. The van der Waals surface area contributed by atoms with Crippen molar-refractivity contribution in [2.24, 2.45) is 5.92 Å². The van der Waals surface area contributed by atoms with Crippen LogP contribution < -0.4 is 15.8 Å². The van der Waals surface area contributed by atoms with Crippen LogP contribution in [0.25, 0.3) is 0 Å². The number of amides is 1. The number of pyridine rings is 2. The molecule has 2 aromatic heterocycles. The van der Waals surface area contributed by atoms with Crippen LogP contribution in [0.2, 0.25) is 0 Å². The lowest BCUT2D eigenvalue weighted by molar-refractivity contribution is -0.137. The molecule has 0 spiro atoms. The molecule has 0 saturated carbocycles. The molecule has 1 unspecified atom stereocenters. The molecular weight excluding hydrogens is 372 g/mol. The Balaban J connectivity index is 1.69. The van der Waals surface area contributed by atoms with Crippen molar-refractivity contribution >= 4 is 23.3 Å². The zero-order valence-corrected chi connectivity index (χ0v) is 16.7. The minimum absolute atomic E-state index is 0.136. The van der Waals surface area contributed by atoms with Gasteiger partial charge in [0.05, 0.1) is 23.5 Å². The van der Waals surface area contributed by atoms with Crippen molar-refractivity contribution in [3.05, 3.63) is 52.7 Å². The van der Waals surface area contributed by atoms with Crippen LogP contribution in [-0.4, -0.2) is 39.6 Å². The molecule has 3 rings (SSSR count). The van der Waals surface area contributed by atoms with Gasteiger partial charge in [-0.1, -0.05) is 13.8 Å². The van der Waals surface area contributed by atoms with Gasteiger partial charge in [-0.25, -0.2) is 0 Å². The molecule has 29 heavy (non-hydrogen) atoms. The lowest BCUT2D eigenvalue weighted by Gasteiger charge is -2.33. The van der Waals surface area contributed by atoms with Gasteiger partial charge in [-0.15, -0.1) is 0 Å². The number of hydrogen-bond donors (Lipinski definition) is 2. The molecule has 2 aromatic rings. The van der Waals surface area contributed by atoms with E-state index in [0.717, 1.165) is 35.2 Å². The molecule has 8 heteroatoms. The number of hydrogen-bond acceptors (Lipinski definition) is 5. The van der Waals surface area contributed by atoms with Gasteiger partial charge in [-0.05, 0) is 36.5 Å².